The molecule has 1 amide bonds. The molecule has 0 bridgehead atoms. The Balaban J connectivity index is 1.57. The number of amides is 1. The molecule has 0 radical (unpaired) electrons. The zero-order chi connectivity index (χ0) is 23.8. The Labute approximate surface area is 193 Å². The molecule has 9 heteroatoms. The number of benzene rings is 2. The second-order valence-electron chi connectivity index (χ2n) is 7.63. The lowest BCUT2D eigenvalue weighted by molar-refractivity contribution is 0.101. The second-order valence-corrected chi connectivity index (χ2v) is 7.63. The van der Waals surface area contributed by atoms with E-state index in [1.807, 2.05) is 6.92 Å². The normalized spacial score (nSPS) is 11.1. The lowest BCUT2D eigenvalue weighted by atomic mass is 10.0. The van der Waals surface area contributed by atoms with Gasteiger partial charge in [0, 0.05) is 23.5 Å². The summed E-state index contributed by atoms with van der Waals surface area (Å²) in [5.74, 6) is -0.141. The van der Waals surface area contributed by atoms with E-state index in [2.05, 4.69) is 15.5 Å². The van der Waals surface area contributed by atoms with E-state index in [0.29, 0.717) is 34.3 Å². The number of pyridine rings is 1. The summed E-state index contributed by atoms with van der Waals surface area (Å²) in [7, 11) is 1.54. The third-order valence-electron chi connectivity index (χ3n) is 5.63. The molecule has 0 spiro atoms. The van der Waals surface area contributed by atoms with Crippen molar-refractivity contribution in [1.82, 2.24) is 19.3 Å². The highest BCUT2D eigenvalue weighted by Gasteiger charge is 2.18. The number of hydrogen-bond donors (Lipinski definition) is 1. The van der Waals surface area contributed by atoms with Gasteiger partial charge >= 0.3 is 0 Å². The number of rotatable bonds is 5. The topological polar surface area (TPSA) is 90.5 Å². The zero-order valence-electron chi connectivity index (χ0n) is 18.4. The van der Waals surface area contributed by atoms with Crippen molar-refractivity contribution in [3.8, 4) is 16.9 Å². The Morgan fingerprint density at radius 3 is 2.50 bits per heavy atom. The van der Waals surface area contributed by atoms with Crippen LogP contribution in [0.5, 0.6) is 5.75 Å². The first-order valence-electron chi connectivity index (χ1n) is 10.6. The maximum atomic E-state index is 13.4. The number of carbonyl (C=O) groups excluding carboxylic acids is 1. The number of carbonyl (C=O) groups is 1. The monoisotopic (exact) mass is 457 g/mol. The lowest BCUT2D eigenvalue weighted by Crippen LogP contribution is -2.32. The van der Waals surface area contributed by atoms with Crippen LogP contribution < -0.4 is 15.7 Å². The van der Waals surface area contributed by atoms with Crippen LogP contribution in [0.3, 0.4) is 0 Å². The molecule has 0 aliphatic rings. The SMILES string of the molecule is CCc1nn2c(ncc3c(=O)n(NC(=O)c4ccc(OC)cc4)ccc32)c1-c1ccc(F)cc1. The van der Waals surface area contributed by atoms with Crippen LogP contribution in [0, 0.1) is 5.82 Å². The summed E-state index contributed by atoms with van der Waals surface area (Å²) in [6.07, 6.45) is 3.58. The molecule has 0 unspecified atom stereocenters. The smallest absolute Gasteiger partial charge is 0.280 e. The standard InChI is InChI=1S/C25H20FN5O3/c1-3-20-22(15-4-8-17(26)9-5-15)23-27-14-19-21(31(23)28-20)12-13-30(25(19)33)29-24(32)16-6-10-18(34-2)11-7-16/h4-14H,3H2,1-2H3,(H,29,32). The van der Waals surface area contributed by atoms with Crippen LogP contribution in [-0.4, -0.2) is 32.3 Å². The van der Waals surface area contributed by atoms with Gasteiger partial charge in [-0.15, -0.1) is 0 Å². The molecule has 2 aromatic carbocycles. The van der Waals surface area contributed by atoms with Gasteiger partial charge in [-0.05, 0) is 54.4 Å². The summed E-state index contributed by atoms with van der Waals surface area (Å²) in [4.78, 5) is 30.2. The minimum Gasteiger partial charge on any atom is -0.497 e. The van der Waals surface area contributed by atoms with Crippen LogP contribution in [0.25, 0.3) is 27.7 Å². The number of ether oxygens (including phenoxy) is 1. The van der Waals surface area contributed by atoms with Gasteiger partial charge in [-0.3, -0.25) is 15.0 Å². The minimum absolute atomic E-state index is 0.292. The van der Waals surface area contributed by atoms with E-state index in [9.17, 15) is 14.0 Å². The van der Waals surface area contributed by atoms with Crippen LogP contribution in [0.4, 0.5) is 4.39 Å². The fourth-order valence-corrected chi connectivity index (χ4v) is 3.88. The zero-order valence-corrected chi connectivity index (χ0v) is 18.4. The fraction of sp³-hybridized carbons (Fsp3) is 0.120. The van der Waals surface area contributed by atoms with Crippen LogP contribution >= 0.6 is 0 Å². The molecule has 1 N–H and O–H groups in total. The van der Waals surface area contributed by atoms with Gasteiger partial charge < -0.3 is 4.74 Å². The van der Waals surface area contributed by atoms with Crippen LogP contribution in [0.2, 0.25) is 0 Å². The Morgan fingerprint density at radius 1 is 1.09 bits per heavy atom. The van der Waals surface area contributed by atoms with Crippen molar-refractivity contribution in [3.63, 3.8) is 0 Å². The fourth-order valence-electron chi connectivity index (χ4n) is 3.88. The third kappa shape index (κ3) is 3.57. The molecule has 0 aliphatic carbocycles. The van der Waals surface area contributed by atoms with E-state index >= 15 is 0 Å². The quantitative estimate of drug-likeness (QED) is 0.434. The highest BCUT2D eigenvalue weighted by atomic mass is 19.1. The Morgan fingerprint density at radius 2 is 1.82 bits per heavy atom. The molecular formula is C25H20FN5O3. The van der Waals surface area contributed by atoms with Crippen molar-refractivity contribution in [2.75, 3.05) is 12.5 Å². The molecule has 0 aliphatic heterocycles. The van der Waals surface area contributed by atoms with Gasteiger partial charge in [0.1, 0.15) is 11.6 Å². The number of nitrogens with one attached hydrogen (secondary N) is 1. The maximum Gasteiger partial charge on any atom is 0.280 e. The Bertz CT molecular complexity index is 1590. The molecule has 0 fully saturated rings. The van der Waals surface area contributed by atoms with E-state index in [1.165, 1.54) is 24.5 Å². The molecule has 0 saturated carbocycles. The van der Waals surface area contributed by atoms with Gasteiger partial charge in [-0.2, -0.15) is 5.10 Å². The van der Waals surface area contributed by atoms with Crippen molar-refractivity contribution < 1.29 is 13.9 Å². The predicted molar refractivity (Wildman–Crippen MR) is 126 cm³/mol. The van der Waals surface area contributed by atoms with Gasteiger partial charge in [0.2, 0.25) is 0 Å². The summed E-state index contributed by atoms with van der Waals surface area (Å²) in [6, 6.07) is 14.4. The number of hydrogen-bond acceptors (Lipinski definition) is 5. The van der Waals surface area contributed by atoms with Gasteiger partial charge in [-0.25, -0.2) is 18.6 Å². The summed E-state index contributed by atoms with van der Waals surface area (Å²) < 4.78 is 21.3. The summed E-state index contributed by atoms with van der Waals surface area (Å²) in [6.45, 7) is 1.97. The molecule has 34 heavy (non-hydrogen) atoms. The van der Waals surface area contributed by atoms with Crippen LogP contribution in [-0.2, 0) is 6.42 Å². The highest BCUT2D eigenvalue weighted by Crippen LogP contribution is 2.29. The highest BCUT2D eigenvalue weighted by molar-refractivity contribution is 6.00. The van der Waals surface area contributed by atoms with Gasteiger partial charge in [0.25, 0.3) is 11.5 Å². The van der Waals surface area contributed by atoms with Gasteiger partial charge in [0.05, 0.1) is 23.7 Å². The van der Waals surface area contributed by atoms with E-state index in [4.69, 9.17) is 4.74 Å². The first-order chi connectivity index (χ1) is 16.5. The largest absolute Gasteiger partial charge is 0.497 e. The third-order valence-corrected chi connectivity index (χ3v) is 5.63. The van der Waals surface area contributed by atoms with E-state index < -0.39 is 11.5 Å². The predicted octanol–water partition coefficient (Wildman–Crippen LogP) is 3.81. The van der Waals surface area contributed by atoms with E-state index in [1.54, 1.807) is 54.1 Å². The average Bonchev–Trinajstić information content (AvgIpc) is 3.25. The molecule has 0 atom stereocenters. The molecule has 5 rings (SSSR count). The summed E-state index contributed by atoms with van der Waals surface area (Å²) in [5.41, 5.74) is 6.02. The van der Waals surface area contributed by atoms with Crippen molar-refractivity contribution in [2.24, 2.45) is 0 Å². The van der Waals surface area contributed by atoms with E-state index in [-0.39, 0.29) is 5.82 Å². The lowest BCUT2D eigenvalue weighted by Gasteiger charge is -2.10. The number of nitrogens with zero attached hydrogens (tertiary/aromatic N) is 4. The first kappa shape index (κ1) is 21.3. The summed E-state index contributed by atoms with van der Waals surface area (Å²) >= 11 is 0. The van der Waals surface area contributed by atoms with Crippen LogP contribution in [0.1, 0.15) is 23.0 Å². The number of fused-ring (bicyclic) bond motifs is 3. The number of aromatic nitrogens is 4. The second kappa shape index (κ2) is 8.43. The van der Waals surface area contributed by atoms with E-state index in [0.717, 1.165) is 21.5 Å². The molecular weight excluding hydrogens is 437 g/mol. The van der Waals surface area contributed by atoms with Crippen molar-refractivity contribution in [2.45, 2.75) is 13.3 Å². The molecule has 0 saturated heterocycles. The van der Waals surface area contributed by atoms with Gasteiger partial charge in [-0.1, -0.05) is 19.1 Å². The van der Waals surface area contributed by atoms with Crippen molar-refractivity contribution in [3.05, 3.63) is 94.4 Å². The average molecular weight is 457 g/mol. The maximum absolute atomic E-state index is 13.4. The number of aryl methyl sites for hydroxylation is 1. The van der Waals surface area contributed by atoms with Crippen molar-refractivity contribution in [1.29, 1.82) is 0 Å². The minimum atomic E-state index is -0.441. The molecule has 3 heterocycles. The molecule has 8 nitrogen and oxygen atoms in total. The van der Waals surface area contributed by atoms with Crippen molar-refractivity contribution >= 4 is 22.5 Å². The molecule has 3 aromatic heterocycles. The number of methoxy groups -OCH3 is 1. The Kier molecular flexibility index (Phi) is 5.29. The Hall–Kier alpha value is -4.53. The molecule has 170 valence electrons. The molecule has 5 aromatic rings. The van der Waals surface area contributed by atoms with Crippen LogP contribution in [0.15, 0.2) is 71.8 Å². The first-order valence-corrected chi connectivity index (χ1v) is 10.6. The summed E-state index contributed by atoms with van der Waals surface area (Å²) in [5, 5.41) is 4.96. The number of halogens is 1. The van der Waals surface area contributed by atoms with Gasteiger partial charge in [0.15, 0.2) is 5.65 Å².